The van der Waals surface area contributed by atoms with Crippen LogP contribution in [-0.2, 0) is 4.79 Å². The Labute approximate surface area is 112 Å². The number of amides is 1. The first kappa shape index (κ1) is 15.3. The lowest BCUT2D eigenvalue weighted by atomic mass is 10.1. The summed E-state index contributed by atoms with van der Waals surface area (Å²) in [5.41, 5.74) is 0.489. The molecule has 0 aromatic heterocycles. The zero-order chi connectivity index (χ0) is 14.3. The van der Waals surface area contributed by atoms with Crippen molar-refractivity contribution in [3.63, 3.8) is 0 Å². The Morgan fingerprint density at radius 1 is 1.21 bits per heavy atom. The first-order valence-electron chi connectivity index (χ1n) is 6.28. The highest BCUT2D eigenvalue weighted by Gasteiger charge is 2.14. The molecule has 2 N–H and O–H groups in total. The Morgan fingerprint density at radius 2 is 1.84 bits per heavy atom. The average Bonchev–Trinajstić information content (AvgIpc) is 2.37. The molecule has 19 heavy (non-hydrogen) atoms. The van der Waals surface area contributed by atoms with Crippen molar-refractivity contribution in [2.45, 2.75) is 26.3 Å². The van der Waals surface area contributed by atoms with Crippen LogP contribution in [0.15, 0.2) is 24.3 Å². The summed E-state index contributed by atoms with van der Waals surface area (Å²) in [5.74, 6) is -0.484. The SMILES string of the molecule is CC(=O)NCCCNC(C)C(=O)c1ccc(F)cc1. The van der Waals surface area contributed by atoms with Crippen molar-refractivity contribution >= 4 is 11.7 Å². The minimum Gasteiger partial charge on any atom is -0.356 e. The maximum Gasteiger partial charge on any atom is 0.216 e. The lowest BCUT2D eigenvalue weighted by Crippen LogP contribution is -2.36. The molecule has 0 saturated carbocycles. The molecule has 0 aliphatic heterocycles. The second kappa shape index (κ2) is 7.63. The van der Waals surface area contributed by atoms with Gasteiger partial charge in [-0.2, -0.15) is 0 Å². The van der Waals surface area contributed by atoms with Crippen molar-refractivity contribution in [1.82, 2.24) is 10.6 Å². The number of carbonyl (C=O) groups is 2. The highest BCUT2D eigenvalue weighted by molar-refractivity contribution is 5.99. The summed E-state index contributed by atoms with van der Waals surface area (Å²) < 4.78 is 12.7. The van der Waals surface area contributed by atoms with Crippen molar-refractivity contribution in [3.05, 3.63) is 35.6 Å². The molecule has 0 fully saturated rings. The van der Waals surface area contributed by atoms with Gasteiger partial charge >= 0.3 is 0 Å². The van der Waals surface area contributed by atoms with E-state index in [1.807, 2.05) is 0 Å². The smallest absolute Gasteiger partial charge is 0.216 e. The number of ketones is 1. The Balaban J connectivity index is 2.32. The van der Waals surface area contributed by atoms with Crippen LogP contribution in [0.2, 0.25) is 0 Å². The average molecular weight is 266 g/mol. The number of hydrogen-bond acceptors (Lipinski definition) is 3. The van der Waals surface area contributed by atoms with E-state index < -0.39 is 0 Å². The summed E-state index contributed by atoms with van der Waals surface area (Å²) in [6, 6.07) is 5.18. The maximum atomic E-state index is 12.7. The van der Waals surface area contributed by atoms with Crippen LogP contribution in [0, 0.1) is 5.82 Å². The van der Waals surface area contributed by atoms with Gasteiger partial charge in [0, 0.05) is 19.0 Å². The van der Waals surface area contributed by atoms with Gasteiger partial charge in [0.05, 0.1) is 6.04 Å². The highest BCUT2D eigenvalue weighted by atomic mass is 19.1. The van der Waals surface area contributed by atoms with E-state index in [0.717, 1.165) is 6.42 Å². The number of carbonyl (C=O) groups excluding carboxylic acids is 2. The molecule has 1 amide bonds. The number of hydrogen-bond donors (Lipinski definition) is 2. The van der Waals surface area contributed by atoms with Crippen molar-refractivity contribution in [2.24, 2.45) is 0 Å². The fraction of sp³-hybridized carbons (Fsp3) is 0.429. The minimum absolute atomic E-state index is 0.0598. The summed E-state index contributed by atoms with van der Waals surface area (Å²) in [7, 11) is 0. The fourth-order valence-corrected chi connectivity index (χ4v) is 1.63. The largest absolute Gasteiger partial charge is 0.356 e. The Morgan fingerprint density at radius 3 is 2.42 bits per heavy atom. The van der Waals surface area contributed by atoms with Crippen LogP contribution >= 0.6 is 0 Å². The zero-order valence-electron chi connectivity index (χ0n) is 11.2. The lowest BCUT2D eigenvalue weighted by Gasteiger charge is -2.12. The van der Waals surface area contributed by atoms with E-state index in [2.05, 4.69) is 10.6 Å². The normalized spacial score (nSPS) is 11.9. The molecule has 0 spiro atoms. The van der Waals surface area contributed by atoms with Crippen molar-refractivity contribution in [3.8, 4) is 0 Å². The number of halogens is 1. The van der Waals surface area contributed by atoms with Crippen LogP contribution in [0.5, 0.6) is 0 Å². The van der Waals surface area contributed by atoms with E-state index in [9.17, 15) is 14.0 Å². The van der Waals surface area contributed by atoms with E-state index in [4.69, 9.17) is 0 Å². The first-order valence-corrected chi connectivity index (χ1v) is 6.28. The van der Waals surface area contributed by atoms with Crippen molar-refractivity contribution in [1.29, 1.82) is 0 Å². The number of Topliss-reactive ketones (excluding diaryl/α,β-unsaturated/α-hetero) is 1. The molecule has 1 aromatic carbocycles. The first-order chi connectivity index (χ1) is 9.00. The number of rotatable bonds is 7. The highest BCUT2D eigenvalue weighted by Crippen LogP contribution is 2.06. The second-order valence-electron chi connectivity index (χ2n) is 4.38. The third-order valence-electron chi connectivity index (χ3n) is 2.70. The van der Waals surface area contributed by atoms with Gasteiger partial charge in [0.2, 0.25) is 5.91 Å². The third kappa shape index (κ3) is 5.61. The summed E-state index contributed by atoms with van der Waals surface area (Å²) in [4.78, 5) is 22.6. The fourth-order valence-electron chi connectivity index (χ4n) is 1.63. The van der Waals surface area contributed by atoms with Gasteiger partial charge in [-0.1, -0.05) is 0 Å². The maximum absolute atomic E-state index is 12.7. The molecule has 1 atom stereocenters. The van der Waals surface area contributed by atoms with E-state index in [1.165, 1.54) is 31.2 Å². The summed E-state index contributed by atoms with van der Waals surface area (Å²) in [6.07, 6.45) is 0.751. The zero-order valence-corrected chi connectivity index (χ0v) is 11.2. The standard InChI is InChI=1S/C14H19FN2O2/c1-10(16-8-3-9-17-11(2)18)14(19)12-4-6-13(15)7-5-12/h4-7,10,16H,3,8-9H2,1-2H3,(H,17,18). The molecule has 0 heterocycles. The molecule has 5 heteroatoms. The van der Waals surface area contributed by atoms with E-state index in [1.54, 1.807) is 6.92 Å². The molecule has 0 aliphatic rings. The number of benzene rings is 1. The summed E-state index contributed by atoms with van der Waals surface area (Å²) in [6.45, 7) is 4.45. The monoisotopic (exact) mass is 266 g/mol. The minimum atomic E-state index is -0.354. The molecular weight excluding hydrogens is 247 g/mol. The molecular formula is C14H19FN2O2. The Hall–Kier alpha value is -1.75. The van der Waals surface area contributed by atoms with Crippen LogP contribution in [0.25, 0.3) is 0 Å². The Bertz CT molecular complexity index is 432. The van der Waals surface area contributed by atoms with E-state index >= 15 is 0 Å². The van der Waals surface area contributed by atoms with Crippen LogP contribution < -0.4 is 10.6 Å². The quantitative estimate of drug-likeness (QED) is 0.581. The summed E-state index contributed by atoms with van der Waals surface area (Å²) >= 11 is 0. The lowest BCUT2D eigenvalue weighted by molar-refractivity contribution is -0.118. The van der Waals surface area contributed by atoms with Gasteiger partial charge in [-0.05, 0) is 44.2 Å². The van der Waals surface area contributed by atoms with Gasteiger partial charge in [-0.15, -0.1) is 0 Å². The molecule has 0 bridgehead atoms. The molecule has 104 valence electrons. The van der Waals surface area contributed by atoms with Gasteiger partial charge in [0.25, 0.3) is 0 Å². The van der Waals surface area contributed by atoms with Crippen LogP contribution in [0.4, 0.5) is 4.39 Å². The molecule has 1 unspecified atom stereocenters. The predicted molar refractivity (Wildman–Crippen MR) is 71.5 cm³/mol. The van der Waals surface area contributed by atoms with Gasteiger partial charge in [0.15, 0.2) is 5.78 Å². The Kier molecular flexibility index (Phi) is 6.15. The van der Waals surface area contributed by atoms with Gasteiger partial charge in [-0.3, -0.25) is 9.59 Å². The van der Waals surface area contributed by atoms with E-state index in [0.29, 0.717) is 18.7 Å². The molecule has 0 radical (unpaired) electrons. The van der Waals surface area contributed by atoms with Crippen molar-refractivity contribution in [2.75, 3.05) is 13.1 Å². The summed E-state index contributed by atoms with van der Waals surface area (Å²) in [5, 5.41) is 5.76. The topological polar surface area (TPSA) is 58.2 Å². The predicted octanol–water partition coefficient (Wildman–Crippen LogP) is 1.51. The van der Waals surface area contributed by atoms with Crippen molar-refractivity contribution < 1.29 is 14.0 Å². The molecule has 0 saturated heterocycles. The molecule has 4 nitrogen and oxygen atoms in total. The number of nitrogens with one attached hydrogen (secondary N) is 2. The van der Waals surface area contributed by atoms with Crippen LogP contribution in [-0.4, -0.2) is 30.8 Å². The molecule has 1 rings (SSSR count). The van der Waals surface area contributed by atoms with E-state index in [-0.39, 0.29) is 23.5 Å². The van der Waals surface area contributed by atoms with Gasteiger partial charge in [-0.25, -0.2) is 4.39 Å². The third-order valence-corrected chi connectivity index (χ3v) is 2.70. The van der Waals surface area contributed by atoms with Gasteiger partial charge in [0.1, 0.15) is 5.82 Å². The van der Waals surface area contributed by atoms with Crippen LogP contribution in [0.1, 0.15) is 30.6 Å². The second-order valence-corrected chi connectivity index (χ2v) is 4.38. The van der Waals surface area contributed by atoms with Gasteiger partial charge < -0.3 is 10.6 Å². The van der Waals surface area contributed by atoms with Crippen LogP contribution in [0.3, 0.4) is 0 Å². The molecule has 0 aliphatic carbocycles. The molecule has 1 aromatic rings.